The lowest BCUT2D eigenvalue weighted by Crippen LogP contribution is -2.13. The third-order valence-electron chi connectivity index (χ3n) is 5.83. The first-order valence-corrected chi connectivity index (χ1v) is 10.7. The van der Waals surface area contributed by atoms with Gasteiger partial charge in [-0.05, 0) is 55.9 Å². The maximum atomic E-state index is 6.23. The Morgan fingerprint density at radius 1 is 1.36 bits per heavy atom. The maximum Gasteiger partial charge on any atom is 0.152 e. The molecule has 0 fully saturated rings. The van der Waals surface area contributed by atoms with Gasteiger partial charge in [0.25, 0.3) is 0 Å². The predicted octanol–water partition coefficient (Wildman–Crippen LogP) is 4.98. The largest absolute Gasteiger partial charge is 0.382 e. The minimum absolute atomic E-state index is 0.409. The van der Waals surface area contributed by atoms with E-state index in [-0.39, 0.29) is 0 Å². The fourth-order valence-electron chi connectivity index (χ4n) is 4.40. The van der Waals surface area contributed by atoms with Crippen molar-refractivity contribution >= 4 is 16.7 Å². The number of fused-ring (bicyclic) bond motifs is 3. The standard InChI is InChI=1S/C22H31N5O/c1-4-11-27-13-17-20-15(7-5-9-16-12-19(14(2)3)26-28-16)8-6-10-18(20)24-22(23)21(17)25-27/h12-15H,4-11H2,1-3H3,(H2,23,24). The number of aromatic nitrogens is 4. The molecule has 3 heterocycles. The number of nitrogens with two attached hydrogens (primary N) is 1. The molecule has 0 aliphatic heterocycles. The van der Waals surface area contributed by atoms with Crippen LogP contribution in [0, 0.1) is 0 Å². The van der Waals surface area contributed by atoms with Gasteiger partial charge in [-0.1, -0.05) is 25.9 Å². The van der Waals surface area contributed by atoms with Gasteiger partial charge in [-0.3, -0.25) is 4.68 Å². The summed E-state index contributed by atoms with van der Waals surface area (Å²) >= 11 is 0. The lowest BCUT2D eigenvalue weighted by molar-refractivity contribution is 0.368. The van der Waals surface area contributed by atoms with Crippen LogP contribution in [0.4, 0.5) is 5.82 Å². The van der Waals surface area contributed by atoms with Crippen molar-refractivity contribution in [2.24, 2.45) is 0 Å². The summed E-state index contributed by atoms with van der Waals surface area (Å²) in [6, 6.07) is 2.11. The second-order valence-electron chi connectivity index (χ2n) is 8.37. The summed E-state index contributed by atoms with van der Waals surface area (Å²) < 4.78 is 7.53. The Balaban J connectivity index is 1.54. The SMILES string of the molecule is CCCn1cc2c3c(nc(N)c2n1)CCCC3CCCc1cc(C(C)C)no1. The number of nitrogens with zero attached hydrogens (tertiary/aromatic N) is 4. The molecule has 0 spiro atoms. The summed E-state index contributed by atoms with van der Waals surface area (Å²) in [6.07, 6.45) is 9.80. The Bertz CT molecular complexity index is 955. The zero-order valence-corrected chi connectivity index (χ0v) is 17.2. The fraction of sp³-hybridized carbons (Fsp3) is 0.591. The average Bonchev–Trinajstić information content (AvgIpc) is 3.30. The normalized spacial score (nSPS) is 16.8. The zero-order valence-electron chi connectivity index (χ0n) is 17.2. The molecule has 0 bridgehead atoms. The van der Waals surface area contributed by atoms with Crippen molar-refractivity contribution in [1.82, 2.24) is 19.9 Å². The molecular weight excluding hydrogens is 350 g/mol. The second-order valence-corrected chi connectivity index (χ2v) is 8.37. The highest BCUT2D eigenvalue weighted by Crippen LogP contribution is 2.40. The van der Waals surface area contributed by atoms with Crippen LogP contribution in [-0.4, -0.2) is 19.9 Å². The molecule has 0 amide bonds. The third kappa shape index (κ3) is 3.64. The molecule has 3 aromatic rings. The van der Waals surface area contributed by atoms with Crippen molar-refractivity contribution in [3.63, 3.8) is 0 Å². The Labute approximate surface area is 166 Å². The highest BCUT2D eigenvalue weighted by molar-refractivity contribution is 5.90. The van der Waals surface area contributed by atoms with Gasteiger partial charge >= 0.3 is 0 Å². The van der Waals surface area contributed by atoms with Crippen LogP contribution >= 0.6 is 0 Å². The molecular formula is C22H31N5O. The first-order valence-electron chi connectivity index (χ1n) is 10.7. The minimum atomic E-state index is 0.409. The van der Waals surface area contributed by atoms with Gasteiger partial charge in [0.1, 0.15) is 11.3 Å². The van der Waals surface area contributed by atoms with Crippen LogP contribution in [0.25, 0.3) is 10.9 Å². The summed E-state index contributed by atoms with van der Waals surface area (Å²) in [5.41, 5.74) is 10.7. The van der Waals surface area contributed by atoms with Crippen LogP contribution in [0.2, 0.25) is 0 Å². The van der Waals surface area contributed by atoms with Crippen molar-refractivity contribution in [1.29, 1.82) is 0 Å². The van der Waals surface area contributed by atoms with E-state index in [1.165, 1.54) is 29.5 Å². The van der Waals surface area contributed by atoms with E-state index in [9.17, 15) is 0 Å². The topological polar surface area (TPSA) is 82.8 Å². The predicted molar refractivity (Wildman–Crippen MR) is 111 cm³/mol. The number of nitrogen functional groups attached to an aromatic ring is 1. The summed E-state index contributed by atoms with van der Waals surface area (Å²) in [4.78, 5) is 4.73. The van der Waals surface area contributed by atoms with Gasteiger partial charge in [-0.25, -0.2) is 4.98 Å². The van der Waals surface area contributed by atoms with Crippen molar-refractivity contribution in [2.45, 2.75) is 84.1 Å². The lowest BCUT2D eigenvalue weighted by Gasteiger charge is -2.25. The highest BCUT2D eigenvalue weighted by Gasteiger charge is 2.26. The quantitative estimate of drug-likeness (QED) is 0.624. The molecule has 1 aliphatic rings. The van der Waals surface area contributed by atoms with Gasteiger partial charge in [0.15, 0.2) is 5.82 Å². The molecule has 0 saturated heterocycles. The van der Waals surface area contributed by atoms with E-state index >= 15 is 0 Å². The van der Waals surface area contributed by atoms with E-state index in [0.717, 1.165) is 55.6 Å². The molecule has 4 rings (SSSR count). The molecule has 0 saturated carbocycles. The zero-order chi connectivity index (χ0) is 19.7. The van der Waals surface area contributed by atoms with Gasteiger partial charge < -0.3 is 10.3 Å². The van der Waals surface area contributed by atoms with Crippen LogP contribution in [0.5, 0.6) is 0 Å². The molecule has 6 nitrogen and oxygen atoms in total. The Morgan fingerprint density at radius 3 is 2.96 bits per heavy atom. The monoisotopic (exact) mass is 381 g/mol. The van der Waals surface area contributed by atoms with Crippen LogP contribution in [0.15, 0.2) is 16.8 Å². The number of pyridine rings is 1. The molecule has 0 radical (unpaired) electrons. The van der Waals surface area contributed by atoms with Gasteiger partial charge in [0.05, 0.1) is 5.69 Å². The molecule has 3 aromatic heterocycles. The van der Waals surface area contributed by atoms with E-state index in [1.54, 1.807) is 0 Å². The van der Waals surface area contributed by atoms with Crippen LogP contribution in [-0.2, 0) is 19.4 Å². The van der Waals surface area contributed by atoms with Gasteiger partial charge in [0.2, 0.25) is 0 Å². The number of anilines is 1. The van der Waals surface area contributed by atoms with E-state index < -0.39 is 0 Å². The molecule has 1 aliphatic carbocycles. The van der Waals surface area contributed by atoms with Crippen LogP contribution in [0.1, 0.15) is 87.4 Å². The van der Waals surface area contributed by atoms with Crippen molar-refractivity contribution < 1.29 is 4.52 Å². The minimum Gasteiger partial charge on any atom is -0.382 e. The molecule has 1 unspecified atom stereocenters. The number of aryl methyl sites for hydroxylation is 3. The van der Waals surface area contributed by atoms with Crippen LogP contribution in [0.3, 0.4) is 0 Å². The van der Waals surface area contributed by atoms with E-state index in [4.69, 9.17) is 20.3 Å². The first-order chi connectivity index (χ1) is 13.6. The van der Waals surface area contributed by atoms with Crippen molar-refractivity contribution in [3.8, 4) is 0 Å². The molecule has 2 N–H and O–H groups in total. The molecule has 6 heteroatoms. The van der Waals surface area contributed by atoms with E-state index in [2.05, 4.69) is 38.2 Å². The highest BCUT2D eigenvalue weighted by atomic mass is 16.5. The smallest absolute Gasteiger partial charge is 0.152 e. The van der Waals surface area contributed by atoms with E-state index in [1.807, 2.05) is 4.68 Å². The number of hydrogen-bond donors (Lipinski definition) is 1. The molecule has 28 heavy (non-hydrogen) atoms. The summed E-state index contributed by atoms with van der Waals surface area (Å²) in [5.74, 6) is 2.50. The molecule has 0 aromatic carbocycles. The third-order valence-corrected chi connectivity index (χ3v) is 5.83. The number of rotatable bonds is 7. The molecule has 1 atom stereocenters. The Morgan fingerprint density at radius 2 is 2.21 bits per heavy atom. The number of hydrogen-bond acceptors (Lipinski definition) is 5. The first kappa shape index (κ1) is 19.0. The lowest BCUT2D eigenvalue weighted by atomic mass is 9.81. The van der Waals surface area contributed by atoms with Gasteiger partial charge in [-0.15, -0.1) is 0 Å². The molecule has 150 valence electrons. The van der Waals surface area contributed by atoms with Gasteiger partial charge in [0, 0.05) is 36.3 Å². The average molecular weight is 382 g/mol. The summed E-state index contributed by atoms with van der Waals surface area (Å²) in [7, 11) is 0. The van der Waals surface area contributed by atoms with E-state index in [0.29, 0.717) is 17.7 Å². The summed E-state index contributed by atoms with van der Waals surface area (Å²) in [5, 5.41) is 10.1. The van der Waals surface area contributed by atoms with Gasteiger partial charge in [-0.2, -0.15) is 5.10 Å². The van der Waals surface area contributed by atoms with Crippen molar-refractivity contribution in [3.05, 3.63) is 35.0 Å². The Hall–Kier alpha value is -2.37. The second kappa shape index (κ2) is 7.94. The maximum absolute atomic E-state index is 6.23. The fourth-order valence-corrected chi connectivity index (χ4v) is 4.40. The Kier molecular flexibility index (Phi) is 5.38. The summed E-state index contributed by atoms with van der Waals surface area (Å²) in [6.45, 7) is 7.37. The van der Waals surface area contributed by atoms with Crippen LogP contribution < -0.4 is 5.73 Å². The van der Waals surface area contributed by atoms with Crippen molar-refractivity contribution in [2.75, 3.05) is 5.73 Å².